The summed E-state index contributed by atoms with van der Waals surface area (Å²) >= 11 is 4.69. The van der Waals surface area contributed by atoms with Crippen LogP contribution in [0.25, 0.3) is 10.9 Å². The molecular weight excluding hydrogens is 584 g/mol. The number of rotatable bonds is 12. The van der Waals surface area contributed by atoms with Crippen molar-refractivity contribution in [3.05, 3.63) is 92.6 Å². The van der Waals surface area contributed by atoms with Crippen LogP contribution in [0.1, 0.15) is 35.0 Å². The van der Waals surface area contributed by atoms with Crippen LogP contribution in [0, 0.1) is 0 Å². The number of carbonyl (C=O) groups excluding carboxylic acids is 2. The number of benzene rings is 2. The number of ether oxygens (including phenoxy) is 1. The highest BCUT2D eigenvalue weighted by atomic mass is 79.9. The van der Waals surface area contributed by atoms with Gasteiger partial charge in [-0.05, 0) is 54.4 Å². The number of hydrogen-bond acceptors (Lipinski definition) is 7. The second-order valence-electron chi connectivity index (χ2n) is 8.70. The molecule has 2 aromatic heterocycles. The average molecular weight is 614 g/mol. The number of aromatic nitrogens is 2. The molecule has 0 saturated heterocycles. The molecule has 2 N–H and O–H groups in total. The van der Waals surface area contributed by atoms with E-state index in [2.05, 4.69) is 26.6 Å². The van der Waals surface area contributed by atoms with Crippen LogP contribution >= 0.6 is 27.7 Å². The normalized spacial score (nSPS) is 11.9. The molecule has 0 bridgehead atoms. The monoisotopic (exact) mass is 612 g/mol. The van der Waals surface area contributed by atoms with E-state index in [0.717, 1.165) is 10.0 Å². The molecule has 0 aliphatic rings. The lowest BCUT2D eigenvalue weighted by Crippen LogP contribution is -2.33. The lowest BCUT2D eigenvalue weighted by Gasteiger charge is -2.18. The highest BCUT2D eigenvalue weighted by Gasteiger charge is 2.22. The maximum Gasteiger partial charge on any atom is 0.262 e. The largest absolute Gasteiger partial charge is 0.467 e. The number of carbonyl (C=O) groups is 2. The van der Waals surface area contributed by atoms with Gasteiger partial charge >= 0.3 is 0 Å². The standard InChI is InChI=1S/C28H29BrN4O5S/c1-3-24(26(35)31-16-21-5-4-13-38-21)39-28-32-23-11-10-20(29)15-22(23)27(36)33(28)17-18-6-8-19(9-7-18)25(34)30-12-14-37-2/h4-11,13,15,24H,3,12,14,16-17H2,1-2H3,(H,30,34)(H,31,35). The maximum absolute atomic E-state index is 13.6. The first-order chi connectivity index (χ1) is 18.9. The predicted octanol–water partition coefficient (Wildman–Crippen LogP) is 4.36. The molecule has 2 amide bonds. The minimum absolute atomic E-state index is 0.167. The summed E-state index contributed by atoms with van der Waals surface area (Å²) in [6.07, 6.45) is 2.10. The topological polar surface area (TPSA) is 115 Å². The fourth-order valence-electron chi connectivity index (χ4n) is 3.87. The van der Waals surface area contributed by atoms with Gasteiger partial charge in [-0.1, -0.05) is 46.7 Å². The summed E-state index contributed by atoms with van der Waals surface area (Å²) in [5.74, 6) is 0.292. The van der Waals surface area contributed by atoms with E-state index >= 15 is 0 Å². The summed E-state index contributed by atoms with van der Waals surface area (Å²) in [5.41, 5.74) is 1.67. The van der Waals surface area contributed by atoms with Gasteiger partial charge in [-0.3, -0.25) is 19.0 Å². The van der Waals surface area contributed by atoms with Crippen molar-refractivity contribution in [2.75, 3.05) is 20.3 Å². The third kappa shape index (κ3) is 7.37. The number of fused-ring (bicyclic) bond motifs is 1. The Kier molecular flexibility index (Phi) is 9.96. The molecular formula is C28H29BrN4O5S. The van der Waals surface area contributed by atoms with Gasteiger partial charge in [0.2, 0.25) is 5.91 Å². The zero-order valence-electron chi connectivity index (χ0n) is 21.6. The number of hydrogen-bond donors (Lipinski definition) is 2. The van der Waals surface area contributed by atoms with Crippen molar-refractivity contribution in [1.29, 1.82) is 0 Å². The molecule has 39 heavy (non-hydrogen) atoms. The molecule has 2 heterocycles. The second kappa shape index (κ2) is 13.6. The maximum atomic E-state index is 13.6. The zero-order chi connectivity index (χ0) is 27.8. The Morgan fingerprint density at radius 2 is 1.95 bits per heavy atom. The average Bonchev–Trinajstić information content (AvgIpc) is 3.47. The number of halogens is 1. The summed E-state index contributed by atoms with van der Waals surface area (Å²) in [6.45, 7) is 3.27. The van der Waals surface area contributed by atoms with Gasteiger partial charge in [0.1, 0.15) is 5.76 Å². The Hall–Kier alpha value is -3.41. The van der Waals surface area contributed by atoms with Gasteiger partial charge in [0.05, 0.1) is 42.1 Å². The fourth-order valence-corrected chi connectivity index (χ4v) is 5.26. The summed E-state index contributed by atoms with van der Waals surface area (Å²) in [6, 6.07) is 16.0. The first-order valence-corrected chi connectivity index (χ1v) is 14.1. The van der Waals surface area contributed by atoms with Crippen molar-refractivity contribution < 1.29 is 18.7 Å². The highest BCUT2D eigenvalue weighted by Crippen LogP contribution is 2.26. The lowest BCUT2D eigenvalue weighted by atomic mass is 10.1. The molecule has 0 aliphatic carbocycles. The van der Waals surface area contributed by atoms with Crippen LogP contribution in [-0.2, 0) is 22.6 Å². The van der Waals surface area contributed by atoms with Gasteiger partial charge in [0.15, 0.2) is 5.16 Å². The van der Waals surface area contributed by atoms with Crippen molar-refractivity contribution in [3.8, 4) is 0 Å². The van der Waals surface area contributed by atoms with Crippen molar-refractivity contribution in [2.45, 2.75) is 36.8 Å². The molecule has 11 heteroatoms. The molecule has 0 aliphatic heterocycles. The van der Waals surface area contributed by atoms with Crippen LogP contribution in [0.15, 0.2) is 79.7 Å². The number of nitrogens with one attached hydrogen (secondary N) is 2. The van der Waals surface area contributed by atoms with Gasteiger partial charge in [0.25, 0.3) is 11.5 Å². The number of nitrogens with zero attached hydrogens (tertiary/aromatic N) is 2. The molecule has 9 nitrogen and oxygen atoms in total. The smallest absolute Gasteiger partial charge is 0.262 e. The quantitative estimate of drug-likeness (QED) is 0.139. The molecule has 0 spiro atoms. The number of thioether (sulfide) groups is 1. The molecule has 204 valence electrons. The molecule has 1 unspecified atom stereocenters. The van der Waals surface area contributed by atoms with E-state index < -0.39 is 5.25 Å². The Balaban J connectivity index is 1.60. The summed E-state index contributed by atoms with van der Waals surface area (Å²) in [7, 11) is 1.58. The highest BCUT2D eigenvalue weighted by molar-refractivity contribution is 9.10. The van der Waals surface area contributed by atoms with Crippen LogP contribution in [0.5, 0.6) is 0 Å². The van der Waals surface area contributed by atoms with Crippen LogP contribution in [0.4, 0.5) is 0 Å². The Labute approximate surface area is 238 Å². The summed E-state index contributed by atoms with van der Waals surface area (Å²) in [5, 5.41) is 6.13. The third-order valence-electron chi connectivity index (χ3n) is 5.96. The summed E-state index contributed by atoms with van der Waals surface area (Å²) < 4.78 is 12.6. The molecule has 0 saturated carbocycles. The van der Waals surface area contributed by atoms with Gasteiger partial charge in [-0.25, -0.2) is 4.98 Å². The first kappa shape index (κ1) is 28.6. The van der Waals surface area contributed by atoms with Gasteiger partial charge in [0, 0.05) is 23.7 Å². The molecule has 4 rings (SSSR count). The van der Waals surface area contributed by atoms with Gasteiger partial charge < -0.3 is 19.8 Å². The Bertz CT molecular complexity index is 1490. The molecule has 4 aromatic rings. The zero-order valence-corrected chi connectivity index (χ0v) is 24.0. The van der Waals surface area contributed by atoms with Crippen molar-refractivity contribution >= 4 is 50.4 Å². The van der Waals surface area contributed by atoms with Crippen molar-refractivity contribution in [3.63, 3.8) is 0 Å². The van der Waals surface area contributed by atoms with E-state index in [1.807, 2.05) is 25.1 Å². The summed E-state index contributed by atoms with van der Waals surface area (Å²) in [4.78, 5) is 43.8. The van der Waals surface area contributed by atoms with E-state index in [0.29, 0.717) is 47.0 Å². The molecule has 0 radical (unpaired) electrons. The second-order valence-corrected chi connectivity index (χ2v) is 10.8. The molecule has 0 fully saturated rings. The molecule has 2 aromatic carbocycles. The van der Waals surface area contributed by atoms with Crippen LogP contribution < -0.4 is 16.2 Å². The van der Waals surface area contributed by atoms with Gasteiger partial charge in [-0.15, -0.1) is 0 Å². The van der Waals surface area contributed by atoms with Crippen LogP contribution in [0.2, 0.25) is 0 Å². The van der Waals surface area contributed by atoms with Crippen LogP contribution in [0.3, 0.4) is 0 Å². The van der Waals surface area contributed by atoms with E-state index in [-0.39, 0.29) is 30.5 Å². The van der Waals surface area contributed by atoms with E-state index in [1.54, 1.807) is 54.3 Å². The minimum atomic E-state index is -0.468. The van der Waals surface area contributed by atoms with E-state index in [1.165, 1.54) is 11.8 Å². The first-order valence-electron chi connectivity index (χ1n) is 12.4. The SMILES string of the molecule is CCC(Sc1nc2ccc(Br)cc2c(=O)n1Cc1ccc(C(=O)NCCOC)cc1)C(=O)NCc1ccco1. The lowest BCUT2D eigenvalue weighted by molar-refractivity contribution is -0.120. The third-order valence-corrected chi connectivity index (χ3v) is 7.81. The van der Waals surface area contributed by atoms with E-state index in [9.17, 15) is 14.4 Å². The number of amides is 2. The van der Waals surface area contributed by atoms with E-state index in [4.69, 9.17) is 14.1 Å². The van der Waals surface area contributed by atoms with Crippen molar-refractivity contribution in [2.24, 2.45) is 0 Å². The Morgan fingerprint density at radius 3 is 2.64 bits per heavy atom. The van der Waals surface area contributed by atoms with Crippen LogP contribution in [-0.4, -0.2) is 46.9 Å². The predicted molar refractivity (Wildman–Crippen MR) is 154 cm³/mol. The molecule has 1 atom stereocenters. The van der Waals surface area contributed by atoms with Gasteiger partial charge in [-0.2, -0.15) is 0 Å². The number of methoxy groups -OCH3 is 1. The minimum Gasteiger partial charge on any atom is -0.467 e. The van der Waals surface area contributed by atoms with Crippen molar-refractivity contribution in [1.82, 2.24) is 20.2 Å². The number of furan rings is 1. The fraction of sp³-hybridized carbons (Fsp3) is 0.286. The Morgan fingerprint density at radius 1 is 1.15 bits per heavy atom.